The molecule has 8 heteroatoms. The number of fused-ring (bicyclic) bond motifs is 1. The highest BCUT2D eigenvalue weighted by Gasteiger charge is 2.09. The number of non-ortho nitro benzene ring substituents is 1. The van der Waals surface area contributed by atoms with Crippen molar-refractivity contribution in [3.8, 4) is 0 Å². The van der Waals surface area contributed by atoms with Gasteiger partial charge in [-0.05, 0) is 55.7 Å². The molecule has 0 saturated heterocycles. The lowest BCUT2D eigenvalue weighted by Crippen LogP contribution is -2.19. The van der Waals surface area contributed by atoms with Crippen molar-refractivity contribution < 1.29 is 14.5 Å². The van der Waals surface area contributed by atoms with Crippen LogP contribution in [0.3, 0.4) is 0 Å². The van der Waals surface area contributed by atoms with Gasteiger partial charge < -0.3 is 9.30 Å². The molecule has 0 saturated carbocycles. The summed E-state index contributed by atoms with van der Waals surface area (Å²) in [5.41, 5.74) is 3.93. The summed E-state index contributed by atoms with van der Waals surface area (Å²) in [7, 11) is 0. The molecule has 7 nitrogen and oxygen atoms in total. The summed E-state index contributed by atoms with van der Waals surface area (Å²) in [6.07, 6.45) is 2.86. The Morgan fingerprint density at radius 1 is 1.27 bits per heavy atom. The fourth-order valence-electron chi connectivity index (χ4n) is 2.96. The minimum absolute atomic E-state index is 0.0226. The van der Waals surface area contributed by atoms with Crippen molar-refractivity contribution in [1.82, 2.24) is 4.57 Å². The van der Waals surface area contributed by atoms with Gasteiger partial charge in [-0.15, -0.1) is 0 Å². The fourth-order valence-corrected chi connectivity index (χ4v) is 4.11. The number of hydrogen-bond acceptors (Lipinski definition) is 5. The number of hydrogen-bond donors (Lipinski definition) is 0. The van der Waals surface area contributed by atoms with Crippen LogP contribution in [0.15, 0.2) is 47.5 Å². The number of carbonyl (C=O) groups is 1. The number of benzene rings is 2. The van der Waals surface area contributed by atoms with Gasteiger partial charge in [-0.25, -0.2) is 0 Å². The van der Waals surface area contributed by atoms with Crippen molar-refractivity contribution in [2.24, 2.45) is 4.99 Å². The number of carbonyl (C=O) groups excluding carboxylic acids is 1. The van der Waals surface area contributed by atoms with Gasteiger partial charge in [0.1, 0.15) is 0 Å². The maximum absolute atomic E-state index is 12.5. The molecule has 0 fully saturated rings. The number of nitro groups is 1. The molecule has 1 aromatic heterocycles. The molecule has 1 heterocycles. The van der Waals surface area contributed by atoms with E-state index >= 15 is 0 Å². The molecule has 0 N–H and O–H groups in total. The molecule has 0 unspecified atom stereocenters. The second-order valence-electron chi connectivity index (χ2n) is 6.77. The van der Waals surface area contributed by atoms with E-state index in [2.05, 4.69) is 31.0 Å². The SMILES string of the molecule is CCOCCn1c(=NC(=O)/C=C/c2cccc([N+](=O)[O-])c2)sc2cc(C)c(C)cc21. The lowest BCUT2D eigenvalue weighted by Gasteiger charge is -2.07. The van der Waals surface area contributed by atoms with Crippen LogP contribution in [0, 0.1) is 24.0 Å². The molecule has 156 valence electrons. The molecule has 3 aromatic rings. The summed E-state index contributed by atoms with van der Waals surface area (Å²) in [5.74, 6) is -0.424. The summed E-state index contributed by atoms with van der Waals surface area (Å²) in [6, 6.07) is 10.3. The highest BCUT2D eigenvalue weighted by atomic mass is 32.1. The van der Waals surface area contributed by atoms with Gasteiger partial charge in [-0.1, -0.05) is 23.5 Å². The lowest BCUT2D eigenvalue weighted by molar-refractivity contribution is -0.384. The van der Waals surface area contributed by atoms with Gasteiger partial charge in [0.05, 0.1) is 21.7 Å². The summed E-state index contributed by atoms with van der Waals surface area (Å²) in [4.78, 5) is 27.8. The number of rotatable bonds is 7. The maximum Gasteiger partial charge on any atom is 0.272 e. The average Bonchev–Trinajstić information content (AvgIpc) is 3.03. The normalized spacial score (nSPS) is 12.2. The molecule has 0 bridgehead atoms. The first-order valence-corrected chi connectivity index (χ1v) is 10.4. The molecule has 1 amide bonds. The number of amides is 1. The van der Waals surface area contributed by atoms with Gasteiger partial charge in [0.25, 0.3) is 11.6 Å². The number of aryl methyl sites for hydroxylation is 2. The first-order chi connectivity index (χ1) is 14.4. The molecular formula is C22H23N3O4S. The van der Waals surface area contributed by atoms with Gasteiger partial charge >= 0.3 is 0 Å². The summed E-state index contributed by atoms with van der Waals surface area (Å²) >= 11 is 1.46. The van der Waals surface area contributed by atoms with E-state index in [1.807, 2.05) is 11.5 Å². The molecule has 0 aliphatic heterocycles. The minimum atomic E-state index is -0.466. The Kier molecular flexibility index (Phi) is 6.91. The zero-order valence-electron chi connectivity index (χ0n) is 17.1. The van der Waals surface area contributed by atoms with Crippen LogP contribution < -0.4 is 4.80 Å². The van der Waals surface area contributed by atoms with Crippen molar-refractivity contribution >= 4 is 39.2 Å². The van der Waals surface area contributed by atoms with E-state index in [1.54, 1.807) is 12.1 Å². The van der Waals surface area contributed by atoms with Crippen LogP contribution >= 0.6 is 11.3 Å². The Morgan fingerprint density at radius 3 is 2.77 bits per heavy atom. The molecule has 2 aromatic carbocycles. The van der Waals surface area contributed by atoms with Gasteiger partial charge in [0.2, 0.25) is 0 Å². The molecule has 0 radical (unpaired) electrons. The Hall–Kier alpha value is -3.10. The standard InChI is InChI=1S/C22H23N3O4S/c1-4-29-11-10-24-19-12-15(2)16(3)13-20(19)30-22(24)23-21(26)9-8-17-6-5-7-18(14-17)25(27)28/h5-9,12-14H,4,10-11H2,1-3H3/b9-8+,23-22?. The first-order valence-electron chi connectivity index (χ1n) is 9.58. The van der Waals surface area contributed by atoms with Crippen molar-refractivity contribution in [3.63, 3.8) is 0 Å². The van der Waals surface area contributed by atoms with E-state index < -0.39 is 10.8 Å². The van der Waals surface area contributed by atoms with Crippen LogP contribution in [0.4, 0.5) is 5.69 Å². The van der Waals surface area contributed by atoms with E-state index in [-0.39, 0.29) is 5.69 Å². The quantitative estimate of drug-likeness (QED) is 0.243. The zero-order chi connectivity index (χ0) is 21.7. The third-order valence-corrected chi connectivity index (χ3v) is 5.71. The maximum atomic E-state index is 12.5. The second-order valence-corrected chi connectivity index (χ2v) is 7.78. The zero-order valence-corrected chi connectivity index (χ0v) is 17.9. The molecule has 0 spiro atoms. The van der Waals surface area contributed by atoms with Gasteiger partial charge in [0, 0.05) is 31.4 Å². The summed E-state index contributed by atoms with van der Waals surface area (Å²) in [6.45, 7) is 7.80. The van der Waals surface area contributed by atoms with Crippen LogP contribution in [-0.4, -0.2) is 28.6 Å². The highest BCUT2D eigenvalue weighted by Crippen LogP contribution is 2.22. The predicted molar refractivity (Wildman–Crippen MR) is 118 cm³/mol. The number of thiazole rings is 1. The van der Waals surface area contributed by atoms with E-state index in [9.17, 15) is 14.9 Å². The number of aromatic nitrogens is 1. The lowest BCUT2D eigenvalue weighted by atomic mass is 10.1. The highest BCUT2D eigenvalue weighted by molar-refractivity contribution is 7.16. The Labute approximate surface area is 178 Å². The number of ether oxygens (including phenoxy) is 1. The first kappa shape index (κ1) is 21.6. The average molecular weight is 426 g/mol. The fraction of sp³-hybridized carbons (Fsp3) is 0.273. The smallest absolute Gasteiger partial charge is 0.272 e. The van der Waals surface area contributed by atoms with E-state index in [0.29, 0.717) is 30.1 Å². The molecule has 0 atom stereocenters. The Bertz CT molecular complexity index is 1190. The van der Waals surface area contributed by atoms with Gasteiger partial charge in [-0.3, -0.25) is 14.9 Å². The number of nitro benzene ring substituents is 1. The Morgan fingerprint density at radius 2 is 2.03 bits per heavy atom. The Balaban J connectivity index is 1.95. The molecular weight excluding hydrogens is 402 g/mol. The van der Waals surface area contributed by atoms with E-state index in [1.165, 1.54) is 46.7 Å². The van der Waals surface area contributed by atoms with Crippen molar-refractivity contribution in [2.75, 3.05) is 13.2 Å². The second kappa shape index (κ2) is 9.60. The van der Waals surface area contributed by atoms with Crippen molar-refractivity contribution in [3.05, 3.63) is 74.1 Å². The molecule has 0 aliphatic carbocycles. The van der Waals surface area contributed by atoms with Crippen LogP contribution in [0.1, 0.15) is 23.6 Å². The molecule has 3 rings (SSSR count). The molecule has 0 aliphatic rings. The van der Waals surface area contributed by atoms with Gasteiger partial charge in [-0.2, -0.15) is 4.99 Å². The number of nitrogens with zero attached hydrogens (tertiary/aromatic N) is 3. The third kappa shape index (κ3) is 5.08. The topological polar surface area (TPSA) is 86.7 Å². The minimum Gasteiger partial charge on any atom is -0.380 e. The van der Waals surface area contributed by atoms with Crippen molar-refractivity contribution in [1.29, 1.82) is 0 Å². The predicted octanol–water partition coefficient (Wildman–Crippen LogP) is 4.41. The van der Waals surface area contributed by atoms with Crippen molar-refractivity contribution in [2.45, 2.75) is 27.3 Å². The van der Waals surface area contributed by atoms with E-state index in [0.717, 1.165) is 10.2 Å². The third-order valence-electron chi connectivity index (χ3n) is 4.67. The monoisotopic (exact) mass is 425 g/mol. The summed E-state index contributed by atoms with van der Waals surface area (Å²) < 4.78 is 8.55. The van der Waals surface area contributed by atoms with Crippen LogP contribution in [0.2, 0.25) is 0 Å². The van der Waals surface area contributed by atoms with Gasteiger partial charge in [0.15, 0.2) is 4.80 Å². The summed E-state index contributed by atoms with van der Waals surface area (Å²) in [5, 5.41) is 10.9. The van der Waals surface area contributed by atoms with Crippen LogP contribution in [0.5, 0.6) is 0 Å². The van der Waals surface area contributed by atoms with E-state index in [4.69, 9.17) is 4.74 Å². The van der Waals surface area contributed by atoms with Crippen LogP contribution in [-0.2, 0) is 16.1 Å². The largest absolute Gasteiger partial charge is 0.380 e. The molecule has 30 heavy (non-hydrogen) atoms. The van der Waals surface area contributed by atoms with Crippen LogP contribution in [0.25, 0.3) is 16.3 Å².